The van der Waals surface area contributed by atoms with Gasteiger partial charge in [0.1, 0.15) is 0 Å². The molecule has 0 bridgehead atoms. The van der Waals surface area contributed by atoms with E-state index >= 15 is 0 Å². The SMILES string of the molecule is CC(C)(C)CCOC(=O)c1cc(Cl)cc(S(=O)(=O)Cl)c1. The first-order valence-corrected chi connectivity index (χ1v) is 8.60. The maximum atomic E-state index is 11.8. The number of halogens is 2. The van der Waals surface area contributed by atoms with Crippen molar-refractivity contribution in [2.45, 2.75) is 32.1 Å². The lowest BCUT2D eigenvalue weighted by Gasteiger charge is -2.17. The molecule has 7 heteroatoms. The quantitative estimate of drug-likeness (QED) is 0.617. The summed E-state index contributed by atoms with van der Waals surface area (Å²) in [5, 5.41) is 0.106. The van der Waals surface area contributed by atoms with Crippen LogP contribution in [0, 0.1) is 5.41 Å². The summed E-state index contributed by atoms with van der Waals surface area (Å²) >= 11 is 5.78. The van der Waals surface area contributed by atoms with Gasteiger partial charge in [-0.1, -0.05) is 32.4 Å². The fourth-order valence-corrected chi connectivity index (χ4v) is 2.46. The standard InChI is InChI=1S/C13H16Cl2O4S/c1-13(2,3)4-5-19-12(16)9-6-10(14)8-11(7-9)20(15,17)18/h6-8H,4-5H2,1-3H3. The second-order valence-corrected chi connectivity index (χ2v) is 8.56. The molecule has 0 aliphatic rings. The molecule has 4 nitrogen and oxygen atoms in total. The van der Waals surface area contributed by atoms with Crippen molar-refractivity contribution in [2.24, 2.45) is 5.41 Å². The van der Waals surface area contributed by atoms with Crippen molar-refractivity contribution in [2.75, 3.05) is 6.61 Å². The van der Waals surface area contributed by atoms with Gasteiger partial charge in [0.05, 0.1) is 17.1 Å². The van der Waals surface area contributed by atoms with Crippen molar-refractivity contribution in [1.29, 1.82) is 0 Å². The molecule has 1 aromatic rings. The molecule has 20 heavy (non-hydrogen) atoms. The third-order valence-electron chi connectivity index (χ3n) is 2.47. The first-order chi connectivity index (χ1) is 8.99. The Labute approximate surface area is 128 Å². The molecule has 1 aromatic carbocycles. The van der Waals surface area contributed by atoms with E-state index in [9.17, 15) is 13.2 Å². The maximum absolute atomic E-state index is 11.8. The molecule has 1 rings (SSSR count). The van der Waals surface area contributed by atoms with Gasteiger partial charge in [-0.3, -0.25) is 0 Å². The van der Waals surface area contributed by atoms with Crippen LogP contribution >= 0.6 is 22.3 Å². The highest BCUT2D eigenvalue weighted by atomic mass is 35.7. The molecular weight excluding hydrogens is 323 g/mol. The first kappa shape index (κ1) is 17.3. The highest BCUT2D eigenvalue weighted by Gasteiger charge is 2.17. The van der Waals surface area contributed by atoms with Crippen LogP contribution < -0.4 is 0 Å². The number of benzene rings is 1. The lowest BCUT2D eigenvalue weighted by atomic mass is 9.93. The van der Waals surface area contributed by atoms with Crippen molar-refractivity contribution in [3.8, 4) is 0 Å². The van der Waals surface area contributed by atoms with Gasteiger partial charge in [0.2, 0.25) is 0 Å². The van der Waals surface area contributed by atoms with Crippen molar-refractivity contribution >= 4 is 37.3 Å². The zero-order chi connectivity index (χ0) is 15.6. The van der Waals surface area contributed by atoms with E-state index in [4.69, 9.17) is 27.0 Å². The molecule has 0 amide bonds. The molecule has 0 unspecified atom stereocenters. The predicted octanol–water partition coefficient (Wildman–Crippen LogP) is 3.86. The molecule has 0 saturated heterocycles. The molecule has 0 radical (unpaired) electrons. The monoisotopic (exact) mass is 338 g/mol. The largest absolute Gasteiger partial charge is 0.462 e. The number of esters is 1. The number of ether oxygens (including phenoxy) is 1. The van der Waals surface area contributed by atoms with E-state index in [0.717, 1.165) is 6.07 Å². The Balaban J connectivity index is 2.86. The molecule has 0 atom stereocenters. The normalized spacial score (nSPS) is 12.2. The lowest BCUT2D eigenvalue weighted by Crippen LogP contribution is -2.13. The molecule has 0 aliphatic carbocycles. The average molecular weight is 339 g/mol. The summed E-state index contributed by atoms with van der Waals surface area (Å²) in [6, 6.07) is 3.66. The Hall–Kier alpha value is -0.780. The third kappa shape index (κ3) is 5.69. The third-order valence-corrected chi connectivity index (χ3v) is 4.03. The Morgan fingerprint density at radius 3 is 2.35 bits per heavy atom. The molecule has 112 valence electrons. The summed E-state index contributed by atoms with van der Waals surface area (Å²) in [4.78, 5) is 11.6. The summed E-state index contributed by atoms with van der Waals surface area (Å²) in [7, 11) is 1.29. The highest BCUT2D eigenvalue weighted by molar-refractivity contribution is 8.13. The Morgan fingerprint density at radius 2 is 1.85 bits per heavy atom. The number of rotatable bonds is 4. The molecule has 0 N–H and O–H groups in total. The Morgan fingerprint density at radius 1 is 1.25 bits per heavy atom. The van der Waals surface area contributed by atoms with Crippen LogP contribution in [0.5, 0.6) is 0 Å². The van der Waals surface area contributed by atoms with Crippen LogP contribution in [-0.2, 0) is 13.8 Å². The molecule has 0 spiro atoms. The van der Waals surface area contributed by atoms with Crippen molar-refractivity contribution in [3.63, 3.8) is 0 Å². The molecule has 0 fully saturated rings. The van der Waals surface area contributed by atoms with E-state index in [1.807, 2.05) is 20.8 Å². The molecule has 0 aliphatic heterocycles. The van der Waals surface area contributed by atoms with E-state index in [1.54, 1.807) is 0 Å². The summed E-state index contributed by atoms with van der Waals surface area (Å²) in [6.45, 7) is 6.33. The van der Waals surface area contributed by atoms with Gasteiger partial charge >= 0.3 is 5.97 Å². The minimum Gasteiger partial charge on any atom is -0.462 e. The highest BCUT2D eigenvalue weighted by Crippen LogP contribution is 2.23. The molecule has 0 heterocycles. The Bertz CT molecular complexity index is 603. The minimum absolute atomic E-state index is 0.0409. The summed E-state index contributed by atoms with van der Waals surface area (Å²) in [5.74, 6) is -0.627. The zero-order valence-corrected chi connectivity index (χ0v) is 13.8. The average Bonchev–Trinajstić information content (AvgIpc) is 2.25. The summed E-state index contributed by atoms with van der Waals surface area (Å²) in [6.07, 6.45) is 0.694. The van der Waals surface area contributed by atoms with Crippen molar-refractivity contribution < 1.29 is 17.9 Å². The van der Waals surface area contributed by atoms with E-state index in [2.05, 4.69) is 0 Å². The van der Waals surface area contributed by atoms with Crippen molar-refractivity contribution in [1.82, 2.24) is 0 Å². The fraction of sp³-hybridized carbons (Fsp3) is 0.462. The number of carbonyl (C=O) groups is 1. The fourth-order valence-electron chi connectivity index (χ4n) is 1.35. The first-order valence-electron chi connectivity index (χ1n) is 5.91. The zero-order valence-electron chi connectivity index (χ0n) is 11.4. The second-order valence-electron chi connectivity index (χ2n) is 5.56. The summed E-state index contributed by atoms with van der Waals surface area (Å²) in [5.41, 5.74) is 0.102. The van der Waals surface area contributed by atoms with Gasteiger partial charge < -0.3 is 4.74 Å². The molecule has 0 saturated carbocycles. The van der Waals surface area contributed by atoms with Crippen LogP contribution in [-0.4, -0.2) is 21.0 Å². The second kappa shape index (κ2) is 6.33. The minimum atomic E-state index is -3.95. The van der Waals surface area contributed by atoms with E-state index in [0.29, 0.717) is 6.42 Å². The van der Waals surface area contributed by atoms with E-state index < -0.39 is 15.0 Å². The number of carbonyl (C=O) groups excluding carboxylic acids is 1. The van der Waals surface area contributed by atoms with Gasteiger partial charge in [0.15, 0.2) is 0 Å². The van der Waals surface area contributed by atoms with Gasteiger partial charge in [-0.15, -0.1) is 0 Å². The molecular formula is C13H16Cl2O4S. The number of hydrogen-bond donors (Lipinski definition) is 0. The van der Waals surface area contributed by atoms with E-state index in [1.165, 1.54) is 12.1 Å². The van der Waals surface area contributed by atoms with Crippen LogP contribution in [0.1, 0.15) is 37.6 Å². The van der Waals surface area contributed by atoms with Gasteiger partial charge in [-0.2, -0.15) is 0 Å². The van der Waals surface area contributed by atoms with Gasteiger partial charge in [-0.25, -0.2) is 13.2 Å². The predicted molar refractivity (Wildman–Crippen MR) is 78.8 cm³/mol. The maximum Gasteiger partial charge on any atom is 0.338 e. The molecule has 0 aromatic heterocycles. The Kier molecular flexibility index (Phi) is 5.46. The lowest BCUT2D eigenvalue weighted by molar-refractivity contribution is 0.0464. The van der Waals surface area contributed by atoms with Gasteiger partial charge in [0, 0.05) is 15.7 Å². The van der Waals surface area contributed by atoms with Crippen LogP contribution in [0.2, 0.25) is 5.02 Å². The van der Waals surface area contributed by atoms with E-state index in [-0.39, 0.29) is 27.5 Å². The number of hydrogen-bond acceptors (Lipinski definition) is 4. The van der Waals surface area contributed by atoms with Gasteiger partial charge in [0.25, 0.3) is 9.05 Å². The summed E-state index contributed by atoms with van der Waals surface area (Å²) < 4.78 is 27.6. The van der Waals surface area contributed by atoms with Crippen molar-refractivity contribution in [3.05, 3.63) is 28.8 Å². The topological polar surface area (TPSA) is 60.4 Å². The van der Waals surface area contributed by atoms with Gasteiger partial charge in [-0.05, 0) is 30.0 Å². The van der Waals surface area contributed by atoms with Crippen LogP contribution in [0.3, 0.4) is 0 Å². The van der Waals surface area contributed by atoms with Crippen LogP contribution in [0.15, 0.2) is 23.1 Å². The smallest absolute Gasteiger partial charge is 0.338 e. The van der Waals surface area contributed by atoms with Crippen LogP contribution in [0.25, 0.3) is 0 Å². The van der Waals surface area contributed by atoms with Crippen LogP contribution in [0.4, 0.5) is 0 Å².